The third kappa shape index (κ3) is 3.14. The Morgan fingerprint density at radius 3 is 2.45 bits per heavy atom. The van der Waals surface area contributed by atoms with Gasteiger partial charge in [0.15, 0.2) is 28.8 Å². The number of rotatable bonds is 5. The van der Waals surface area contributed by atoms with Gasteiger partial charge in [-0.25, -0.2) is 4.63 Å². The van der Waals surface area contributed by atoms with Gasteiger partial charge < -0.3 is 20.9 Å². The molecular formula is C13H16N6O3. The lowest BCUT2D eigenvalue weighted by molar-refractivity contribution is 0.308. The summed E-state index contributed by atoms with van der Waals surface area (Å²) in [6.07, 6.45) is 0. The highest BCUT2D eigenvalue weighted by atomic mass is 16.6. The van der Waals surface area contributed by atoms with E-state index in [0.717, 1.165) is 5.56 Å². The first kappa shape index (κ1) is 15.3. The second-order valence-corrected chi connectivity index (χ2v) is 4.24. The van der Waals surface area contributed by atoms with Crippen LogP contribution in [0, 0.1) is 0 Å². The molecule has 0 fully saturated rings. The minimum atomic E-state index is 0.0126. The summed E-state index contributed by atoms with van der Waals surface area (Å²) >= 11 is 0. The Morgan fingerprint density at radius 2 is 1.86 bits per heavy atom. The summed E-state index contributed by atoms with van der Waals surface area (Å²) in [4.78, 5) is 0. The van der Waals surface area contributed by atoms with E-state index in [1.54, 1.807) is 33.3 Å². The van der Waals surface area contributed by atoms with Crippen molar-refractivity contribution in [2.45, 2.75) is 6.92 Å². The number of aromatic nitrogens is 2. The maximum absolute atomic E-state index is 5.72. The van der Waals surface area contributed by atoms with E-state index in [0.29, 0.717) is 17.2 Å². The van der Waals surface area contributed by atoms with Crippen molar-refractivity contribution in [3.8, 4) is 11.5 Å². The first-order valence-electron chi connectivity index (χ1n) is 6.25. The molecule has 0 atom stereocenters. The summed E-state index contributed by atoms with van der Waals surface area (Å²) in [6.45, 7) is 1.78. The van der Waals surface area contributed by atoms with Crippen molar-refractivity contribution in [2.75, 3.05) is 20.0 Å². The molecule has 0 saturated heterocycles. The normalized spacial score (nSPS) is 12.3. The number of methoxy groups -OCH3 is 2. The minimum Gasteiger partial charge on any atom is -0.493 e. The van der Waals surface area contributed by atoms with Crippen molar-refractivity contribution in [1.82, 2.24) is 10.3 Å². The van der Waals surface area contributed by atoms with Crippen LogP contribution in [0.3, 0.4) is 0 Å². The molecule has 0 amide bonds. The average Bonchev–Trinajstić information content (AvgIpc) is 2.97. The van der Waals surface area contributed by atoms with Crippen LogP contribution in [0.25, 0.3) is 0 Å². The predicted molar refractivity (Wildman–Crippen MR) is 81.2 cm³/mol. The van der Waals surface area contributed by atoms with Gasteiger partial charge in [-0.2, -0.15) is 5.10 Å². The number of nitrogens with two attached hydrogens (primary N) is 2. The van der Waals surface area contributed by atoms with Gasteiger partial charge in [-0.1, -0.05) is 0 Å². The van der Waals surface area contributed by atoms with Gasteiger partial charge in [0.05, 0.1) is 19.9 Å². The molecular weight excluding hydrogens is 288 g/mol. The molecule has 0 bridgehead atoms. The zero-order valence-electron chi connectivity index (χ0n) is 12.4. The van der Waals surface area contributed by atoms with Gasteiger partial charge >= 0.3 is 0 Å². The first-order valence-corrected chi connectivity index (χ1v) is 6.25. The number of ether oxygens (including phenoxy) is 2. The number of hydrogen-bond acceptors (Lipinski definition) is 8. The summed E-state index contributed by atoms with van der Waals surface area (Å²) in [7, 11) is 3.13. The lowest BCUT2D eigenvalue weighted by atomic mass is 10.1. The Labute approximate surface area is 126 Å². The van der Waals surface area contributed by atoms with Crippen molar-refractivity contribution in [3.63, 3.8) is 0 Å². The van der Waals surface area contributed by atoms with E-state index in [9.17, 15) is 0 Å². The second-order valence-electron chi connectivity index (χ2n) is 4.24. The highest BCUT2D eigenvalue weighted by molar-refractivity contribution is 6.02. The molecule has 116 valence electrons. The zero-order chi connectivity index (χ0) is 16.1. The third-order valence-electron chi connectivity index (χ3n) is 2.87. The molecule has 0 aliphatic heterocycles. The smallest absolute Gasteiger partial charge is 0.199 e. The summed E-state index contributed by atoms with van der Waals surface area (Å²) in [5.41, 5.74) is 12.8. The van der Waals surface area contributed by atoms with Crippen molar-refractivity contribution in [3.05, 3.63) is 29.5 Å². The van der Waals surface area contributed by atoms with Gasteiger partial charge in [-0.15, -0.1) is 5.10 Å². The summed E-state index contributed by atoms with van der Waals surface area (Å²) < 4.78 is 14.9. The quantitative estimate of drug-likeness (QED) is 0.474. The largest absolute Gasteiger partial charge is 0.493 e. The fourth-order valence-corrected chi connectivity index (χ4v) is 1.67. The van der Waals surface area contributed by atoms with Crippen LogP contribution in [0.15, 0.2) is 33.0 Å². The average molecular weight is 304 g/mol. The fraction of sp³-hybridized carbons (Fsp3) is 0.231. The van der Waals surface area contributed by atoms with Crippen LogP contribution in [0.5, 0.6) is 11.5 Å². The molecule has 2 rings (SSSR count). The van der Waals surface area contributed by atoms with E-state index in [4.69, 9.17) is 20.9 Å². The number of nitrogen functional groups attached to an aromatic ring is 1. The van der Waals surface area contributed by atoms with E-state index in [-0.39, 0.29) is 17.3 Å². The first-order chi connectivity index (χ1) is 10.6. The second kappa shape index (κ2) is 6.57. The van der Waals surface area contributed by atoms with Gasteiger partial charge in [-0.05, 0) is 35.4 Å². The van der Waals surface area contributed by atoms with Gasteiger partial charge in [0.2, 0.25) is 0 Å². The fourth-order valence-electron chi connectivity index (χ4n) is 1.67. The number of amidine groups is 1. The standard InChI is InChI=1S/C13H16N6O3/c1-7(8-4-5-9(20-2)10(6-8)21-3)16-17-12(14)11-13(15)19-22-18-11/h4-6H,1-3H3,(H2,14,17)(H2,15,19)/b16-7-. The van der Waals surface area contributed by atoms with Crippen molar-refractivity contribution in [1.29, 1.82) is 0 Å². The van der Waals surface area contributed by atoms with Crippen LogP contribution in [0.4, 0.5) is 5.82 Å². The van der Waals surface area contributed by atoms with Gasteiger partial charge in [0.25, 0.3) is 0 Å². The molecule has 0 spiro atoms. The number of nitrogens with zero attached hydrogens (tertiary/aromatic N) is 4. The summed E-state index contributed by atoms with van der Waals surface area (Å²) in [5, 5.41) is 14.9. The van der Waals surface area contributed by atoms with Crippen LogP contribution in [-0.4, -0.2) is 36.1 Å². The zero-order valence-corrected chi connectivity index (χ0v) is 12.4. The highest BCUT2D eigenvalue weighted by Crippen LogP contribution is 2.27. The number of benzene rings is 1. The van der Waals surface area contributed by atoms with Crippen LogP contribution in [0.2, 0.25) is 0 Å². The Bertz CT molecular complexity index is 722. The molecule has 1 heterocycles. The van der Waals surface area contributed by atoms with Crippen LogP contribution >= 0.6 is 0 Å². The van der Waals surface area contributed by atoms with E-state index in [1.165, 1.54) is 0 Å². The maximum Gasteiger partial charge on any atom is 0.199 e. The molecule has 1 aromatic carbocycles. The monoisotopic (exact) mass is 304 g/mol. The Kier molecular flexibility index (Phi) is 4.57. The number of anilines is 1. The lowest BCUT2D eigenvalue weighted by Crippen LogP contribution is -2.15. The molecule has 22 heavy (non-hydrogen) atoms. The van der Waals surface area contributed by atoms with Gasteiger partial charge in [0.1, 0.15) is 0 Å². The summed E-state index contributed by atoms with van der Waals surface area (Å²) in [6, 6.07) is 5.40. The van der Waals surface area contributed by atoms with Crippen LogP contribution in [-0.2, 0) is 0 Å². The van der Waals surface area contributed by atoms with Gasteiger partial charge in [0, 0.05) is 5.56 Å². The number of hydrogen-bond donors (Lipinski definition) is 2. The Balaban J connectivity index is 2.27. The van der Waals surface area contributed by atoms with E-state index in [2.05, 4.69) is 25.1 Å². The molecule has 9 heteroatoms. The van der Waals surface area contributed by atoms with E-state index >= 15 is 0 Å². The van der Waals surface area contributed by atoms with Crippen LogP contribution < -0.4 is 20.9 Å². The predicted octanol–water partition coefficient (Wildman–Crippen LogP) is 0.798. The minimum absolute atomic E-state index is 0.0126. The van der Waals surface area contributed by atoms with Crippen molar-refractivity contribution in [2.24, 2.45) is 15.9 Å². The molecule has 1 aromatic heterocycles. The van der Waals surface area contributed by atoms with Gasteiger partial charge in [-0.3, -0.25) is 0 Å². The molecule has 4 N–H and O–H groups in total. The molecule has 0 aliphatic rings. The maximum atomic E-state index is 5.72. The van der Waals surface area contributed by atoms with Crippen molar-refractivity contribution >= 4 is 17.4 Å². The Hall–Kier alpha value is -3.10. The molecule has 9 nitrogen and oxygen atoms in total. The van der Waals surface area contributed by atoms with E-state index < -0.39 is 0 Å². The van der Waals surface area contributed by atoms with Crippen molar-refractivity contribution < 1.29 is 14.1 Å². The lowest BCUT2D eigenvalue weighted by Gasteiger charge is -2.08. The molecule has 0 unspecified atom stereocenters. The highest BCUT2D eigenvalue weighted by Gasteiger charge is 2.11. The molecule has 0 saturated carbocycles. The van der Waals surface area contributed by atoms with Crippen LogP contribution in [0.1, 0.15) is 18.2 Å². The molecule has 0 aliphatic carbocycles. The summed E-state index contributed by atoms with van der Waals surface area (Å²) in [5.74, 6) is 1.29. The van der Waals surface area contributed by atoms with E-state index in [1.807, 2.05) is 6.07 Å². The Morgan fingerprint density at radius 1 is 1.14 bits per heavy atom. The topological polar surface area (TPSA) is 134 Å². The molecule has 2 aromatic rings. The third-order valence-corrected chi connectivity index (χ3v) is 2.87. The molecule has 0 radical (unpaired) electrons. The SMILES string of the molecule is COc1ccc(/C(C)=N\N=C(\N)c2nonc2N)cc1OC.